The second-order valence-electron chi connectivity index (χ2n) is 4.20. The Morgan fingerprint density at radius 2 is 1.80 bits per heavy atom. The third-order valence-electron chi connectivity index (χ3n) is 2.69. The molecule has 0 radical (unpaired) electrons. The Balaban J connectivity index is 2.29. The highest BCUT2D eigenvalue weighted by Crippen LogP contribution is 2.29. The van der Waals surface area contributed by atoms with E-state index in [1.807, 2.05) is 0 Å². The molecule has 0 spiro atoms. The predicted molar refractivity (Wildman–Crippen MR) is 75.6 cm³/mol. The standard InChI is InChI=1S/C14H12ClFO3S/c1-20(17,18)11-7-5-10(6-8-11)19-14-4-2-3-13(16)12(14)9-15/h2-8H,9H2,1H3. The Morgan fingerprint density at radius 1 is 1.15 bits per heavy atom. The van der Waals surface area contributed by atoms with Crippen molar-refractivity contribution >= 4 is 21.4 Å². The van der Waals surface area contributed by atoms with Crippen LogP contribution in [0, 0.1) is 5.82 Å². The minimum atomic E-state index is -3.25. The summed E-state index contributed by atoms with van der Waals surface area (Å²) in [6.45, 7) is 0. The summed E-state index contributed by atoms with van der Waals surface area (Å²) in [7, 11) is -3.25. The molecule has 0 heterocycles. The maximum Gasteiger partial charge on any atom is 0.175 e. The molecule has 0 saturated carbocycles. The van der Waals surface area contributed by atoms with E-state index in [-0.39, 0.29) is 16.3 Å². The first-order valence-electron chi connectivity index (χ1n) is 5.73. The number of benzene rings is 2. The van der Waals surface area contributed by atoms with Crippen LogP contribution in [0.15, 0.2) is 47.4 Å². The van der Waals surface area contributed by atoms with E-state index in [0.29, 0.717) is 11.5 Å². The minimum absolute atomic E-state index is 0.0105. The van der Waals surface area contributed by atoms with Crippen molar-refractivity contribution in [2.45, 2.75) is 10.8 Å². The molecule has 0 atom stereocenters. The van der Waals surface area contributed by atoms with Gasteiger partial charge in [-0.1, -0.05) is 6.07 Å². The van der Waals surface area contributed by atoms with Gasteiger partial charge in [0.2, 0.25) is 0 Å². The Bertz CT molecular complexity index is 712. The molecule has 0 aliphatic carbocycles. The first kappa shape index (κ1) is 14.8. The molecule has 2 rings (SSSR count). The summed E-state index contributed by atoms with van der Waals surface area (Å²) in [5.74, 6) is 0.274. The number of rotatable bonds is 4. The Labute approximate surface area is 121 Å². The van der Waals surface area contributed by atoms with Gasteiger partial charge in [0, 0.05) is 11.8 Å². The number of sulfone groups is 1. The van der Waals surface area contributed by atoms with Crippen LogP contribution in [-0.2, 0) is 15.7 Å². The largest absolute Gasteiger partial charge is 0.457 e. The van der Waals surface area contributed by atoms with Crippen LogP contribution in [0.25, 0.3) is 0 Å². The van der Waals surface area contributed by atoms with Crippen molar-refractivity contribution in [1.29, 1.82) is 0 Å². The Morgan fingerprint density at radius 3 is 2.35 bits per heavy atom. The van der Waals surface area contributed by atoms with Gasteiger partial charge in [-0.3, -0.25) is 0 Å². The van der Waals surface area contributed by atoms with Crippen molar-refractivity contribution in [1.82, 2.24) is 0 Å². The maximum atomic E-state index is 13.5. The molecule has 0 saturated heterocycles. The molecule has 106 valence electrons. The number of ether oxygens (including phenoxy) is 1. The first-order chi connectivity index (χ1) is 9.41. The molecule has 3 nitrogen and oxygen atoms in total. The van der Waals surface area contributed by atoms with Gasteiger partial charge in [0.25, 0.3) is 0 Å². The molecular weight excluding hydrogens is 303 g/mol. The number of hydrogen-bond acceptors (Lipinski definition) is 3. The normalized spacial score (nSPS) is 11.3. The maximum absolute atomic E-state index is 13.5. The van der Waals surface area contributed by atoms with Gasteiger partial charge in [-0.15, -0.1) is 11.6 Å². The van der Waals surface area contributed by atoms with Crippen LogP contribution in [0.5, 0.6) is 11.5 Å². The molecule has 20 heavy (non-hydrogen) atoms. The molecular formula is C14H12ClFO3S. The van der Waals surface area contributed by atoms with Crippen LogP contribution in [-0.4, -0.2) is 14.7 Å². The van der Waals surface area contributed by atoms with Crippen molar-refractivity contribution in [2.24, 2.45) is 0 Å². The quantitative estimate of drug-likeness (QED) is 0.807. The summed E-state index contributed by atoms with van der Waals surface area (Å²) in [4.78, 5) is 0.196. The molecule has 0 amide bonds. The summed E-state index contributed by atoms with van der Waals surface area (Å²) in [6, 6.07) is 10.3. The lowest BCUT2D eigenvalue weighted by atomic mass is 10.2. The average Bonchev–Trinajstić information content (AvgIpc) is 2.38. The summed E-state index contributed by atoms with van der Waals surface area (Å²) >= 11 is 5.69. The SMILES string of the molecule is CS(=O)(=O)c1ccc(Oc2cccc(F)c2CCl)cc1. The van der Waals surface area contributed by atoms with Crippen LogP contribution in [0.1, 0.15) is 5.56 Å². The first-order valence-corrected chi connectivity index (χ1v) is 8.16. The number of halogens is 2. The van der Waals surface area contributed by atoms with Crippen LogP contribution >= 0.6 is 11.6 Å². The van der Waals surface area contributed by atoms with Gasteiger partial charge in [-0.05, 0) is 36.4 Å². The fourth-order valence-corrected chi connectivity index (χ4v) is 2.54. The fourth-order valence-electron chi connectivity index (χ4n) is 1.65. The molecule has 0 aromatic heterocycles. The van der Waals surface area contributed by atoms with Crippen LogP contribution in [0.4, 0.5) is 4.39 Å². The van der Waals surface area contributed by atoms with Crippen molar-refractivity contribution in [3.05, 3.63) is 53.8 Å². The van der Waals surface area contributed by atoms with E-state index in [0.717, 1.165) is 6.26 Å². The highest BCUT2D eigenvalue weighted by atomic mass is 35.5. The second kappa shape index (κ2) is 5.81. The van der Waals surface area contributed by atoms with E-state index < -0.39 is 15.7 Å². The predicted octanol–water partition coefficient (Wildman–Crippen LogP) is 3.76. The molecule has 0 unspecified atom stereocenters. The van der Waals surface area contributed by atoms with E-state index >= 15 is 0 Å². The van der Waals surface area contributed by atoms with Gasteiger partial charge >= 0.3 is 0 Å². The summed E-state index contributed by atoms with van der Waals surface area (Å²) in [5, 5.41) is 0. The van der Waals surface area contributed by atoms with Gasteiger partial charge in [0.05, 0.1) is 10.8 Å². The molecule has 2 aromatic carbocycles. The molecule has 0 bridgehead atoms. The Hall–Kier alpha value is -1.59. The third kappa shape index (κ3) is 3.29. The van der Waals surface area contributed by atoms with Gasteiger partial charge in [-0.25, -0.2) is 12.8 Å². The van der Waals surface area contributed by atoms with Crippen LogP contribution in [0.3, 0.4) is 0 Å². The zero-order valence-electron chi connectivity index (χ0n) is 10.6. The average molecular weight is 315 g/mol. The van der Waals surface area contributed by atoms with E-state index in [1.165, 1.54) is 36.4 Å². The molecule has 0 fully saturated rings. The fraction of sp³-hybridized carbons (Fsp3) is 0.143. The summed E-state index contributed by atoms with van der Waals surface area (Å²) in [6.07, 6.45) is 1.13. The van der Waals surface area contributed by atoms with Crippen LogP contribution < -0.4 is 4.74 Å². The number of hydrogen-bond donors (Lipinski definition) is 0. The second-order valence-corrected chi connectivity index (χ2v) is 6.48. The highest BCUT2D eigenvalue weighted by Gasteiger charge is 2.10. The van der Waals surface area contributed by atoms with E-state index in [1.54, 1.807) is 6.07 Å². The van der Waals surface area contributed by atoms with Gasteiger partial charge in [-0.2, -0.15) is 0 Å². The van der Waals surface area contributed by atoms with E-state index in [9.17, 15) is 12.8 Å². The van der Waals surface area contributed by atoms with Crippen molar-refractivity contribution < 1.29 is 17.5 Å². The van der Waals surface area contributed by atoms with Crippen molar-refractivity contribution in [3.63, 3.8) is 0 Å². The molecule has 6 heteroatoms. The highest BCUT2D eigenvalue weighted by molar-refractivity contribution is 7.90. The zero-order valence-corrected chi connectivity index (χ0v) is 12.2. The van der Waals surface area contributed by atoms with Gasteiger partial charge < -0.3 is 4.74 Å². The minimum Gasteiger partial charge on any atom is -0.457 e. The smallest absolute Gasteiger partial charge is 0.175 e. The van der Waals surface area contributed by atoms with Crippen molar-refractivity contribution in [2.75, 3.05) is 6.26 Å². The van der Waals surface area contributed by atoms with E-state index in [4.69, 9.17) is 16.3 Å². The van der Waals surface area contributed by atoms with Crippen molar-refractivity contribution in [3.8, 4) is 11.5 Å². The zero-order chi connectivity index (χ0) is 14.8. The lowest BCUT2D eigenvalue weighted by Crippen LogP contribution is -1.97. The summed E-state index contributed by atoms with van der Waals surface area (Å²) < 4.78 is 41.7. The number of alkyl halides is 1. The monoisotopic (exact) mass is 314 g/mol. The summed E-state index contributed by atoms with van der Waals surface area (Å²) in [5.41, 5.74) is 0.265. The molecule has 2 aromatic rings. The molecule has 0 aliphatic rings. The van der Waals surface area contributed by atoms with E-state index in [2.05, 4.69) is 0 Å². The third-order valence-corrected chi connectivity index (χ3v) is 4.08. The lowest BCUT2D eigenvalue weighted by molar-refractivity contribution is 0.470. The van der Waals surface area contributed by atoms with Gasteiger partial charge in [0.1, 0.15) is 17.3 Å². The Kier molecular flexibility index (Phi) is 4.30. The topological polar surface area (TPSA) is 43.4 Å². The molecule has 0 N–H and O–H groups in total. The van der Waals surface area contributed by atoms with Crippen LogP contribution in [0.2, 0.25) is 0 Å². The van der Waals surface area contributed by atoms with Gasteiger partial charge in [0.15, 0.2) is 9.84 Å². The lowest BCUT2D eigenvalue weighted by Gasteiger charge is -2.10. The molecule has 0 aliphatic heterocycles.